The average Bonchev–Trinajstić information content (AvgIpc) is 2.72. The summed E-state index contributed by atoms with van der Waals surface area (Å²) in [5.41, 5.74) is -0.586. The lowest BCUT2D eigenvalue weighted by Gasteiger charge is -2.33. The lowest BCUT2D eigenvalue weighted by atomic mass is 9.91. The second kappa shape index (κ2) is 5.71. The number of carbonyl (C=O) groups excluding carboxylic acids is 2. The van der Waals surface area contributed by atoms with Crippen LogP contribution in [0.4, 0.5) is 9.18 Å². The van der Waals surface area contributed by atoms with Gasteiger partial charge in [-0.1, -0.05) is 26.0 Å². The third kappa shape index (κ3) is 2.34. The second-order valence-electron chi connectivity index (χ2n) is 5.02. The van der Waals surface area contributed by atoms with Gasteiger partial charge < -0.3 is 9.64 Å². The van der Waals surface area contributed by atoms with Gasteiger partial charge in [0, 0.05) is 5.56 Å². The van der Waals surface area contributed by atoms with Crippen LogP contribution in [-0.2, 0) is 11.3 Å². The second-order valence-corrected chi connectivity index (χ2v) is 5.02. The maximum Gasteiger partial charge on any atom is 0.325 e. The SMILES string of the molecule is CCC1(CC)C(=O)NC(=O)N1Cc1cccc(OC)c1F. The molecule has 0 unspecified atom stereocenters. The number of nitrogens with one attached hydrogen (secondary N) is 1. The molecule has 0 bridgehead atoms. The van der Waals surface area contributed by atoms with Crippen molar-refractivity contribution in [3.63, 3.8) is 0 Å². The number of hydrogen-bond acceptors (Lipinski definition) is 3. The van der Waals surface area contributed by atoms with Crippen LogP contribution in [0.3, 0.4) is 0 Å². The number of urea groups is 1. The lowest BCUT2D eigenvalue weighted by Crippen LogP contribution is -2.48. The first-order chi connectivity index (χ1) is 10.00. The Morgan fingerprint density at radius 1 is 1.29 bits per heavy atom. The molecule has 0 radical (unpaired) electrons. The number of rotatable bonds is 5. The number of halogens is 1. The van der Waals surface area contributed by atoms with Gasteiger partial charge in [0.15, 0.2) is 11.6 Å². The maximum absolute atomic E-state index is 14.2. The van der Waals surface area contributed by atoms with Crippen molar-refractivity contribution in [3.05, 3.63) is 29.6 Å². The van der Waals surface area contributed by atoms with Gasteiger partial charge in [0.2, 0.25) is 0 Å². The van der Waals surface area contributed by atoms with Crippen LogP contribution in [-0.4, -0.2) is 29.5 Å². The number of methoxy groups -OCH3 is 1. The zero-order valence-corrected chi connectivity index (χ0v) is 12.4. The first kappa shape index (κ1) is 15.3. The molecule has 0 spiro atoms. The molecule has 21 heavy (non-hydrogen) atoms. The van der Waals surface area contributed by atoms with E-state index in [1.54, 1.807) is 12.1 Å². The molecular weight excluding hydrogens is 275 g/mol. The van der Waals surface area contributed by atoms with Crippen LogP contribution in [0.1, 0.15) is 32.3 Å². The van der Waals surface area contributed by atoms with Crippen molar-refractivity contribution in [1.29, 1.82) is 0 Å². The normalized spacial score (nSPS) is 17.0. The third-order valence-corrected chi connectivity index (χ3v) is 4.17. The van der Waals surface area contributed by atoms with Gasteiger partial charge in [-0.05, 0) is 18.9 Å². The Morgan fingerprint density at radius 2 is 1.95 bits per heavy atom. The molecule has 1 aliphatic rings. The van der Waals surface area contributed by atoms with Crippen LogP contribution in [0.5, 0.6) is 5.75 Å². The quantitative estimate of drug-likeness (QED) is 0.849. The highest BCUT2D eigenvalue weighted by molar-refractivity contribution is 6.06. The summed E-state index contributed by atoms with van der Waals surface area (Å²) in [4.78, 5) is 25.5. The number of carbonyl (C=O) groups is 2. The Labute approximate surface area is 123 Å². The minimum Gasteiger partial charge on any atom is -0.494 e. The molecule has 0 aliphatic carbocycles. The van der Waals surface area contributed by atoms with Crippen LogP contribution < -0.4 is 10.1 Å². The number of benzene rings is 1. The van der Waals surface area contributed by atoms with Gasteiger partial charge in [-0.15, -0.1) is 0 Å². The van der Waals surface area contributed by atoms with Crippen molar-refractivity contribution in [2.24, 2.45) is 0 Å². The van der Waals surface area contributed by atoms with E-state index in [1.807, 2.05) is 13.8 Å². The largest absolute Gasteiger partial charge is 0.494 e. The van der Waals surface area contributed by atoms with E-state index in [-0.39, 0.29) is 18.2 Å². The third-order valence-electron chi connectivity index (χ3n) is 4.17. The van der Waals surface area contributed by atoms with Crippen LogP contribution in [0, 0.1) is 5.82 Å². The van der Waals surface area contributed by atoms with Crippen LogP contribution >= 0.6 is 0 Å². The lowest BCUT2D eigenvalue weighted by molar-refractivity contribution is -0.127. The molecule has 1 heterocycles. The van der Waals surface area contributed by atoms with Gasteiger partial charge >= 0.3 is 6.03 Å². The highest BCUT2D eigenvalue weighted by atomic mass is 19.1. The summed E-state index contributed by atoms with van der Waals surface area (Å²) in [5.74, 6) is -0.703. The topological polar surface area (TPSA) is 58.6 Å². The zero-order chi connectivity index (χ0) is 15.6. The summed E-state index contributed by atoms with van der Waals surface area (Å²) in [6.07, 6.45) is 0.958. The molecule has 2 rings (SSSR count). The molecule has 0 saturated carbocycles. The zero-order valence-electron chi connectivity index (χ0n) is 12.4. The van der Waals surface area contributed by atoms with Gasteiger partial charge in [-0.3, -0.25) is 10.1 Å². The van der Waals surface area contributed by atoms with Crippen molar-refractivity contribution < 1.29 is 18.7 Å². The molecule has 1 fully saturated rings. The van der Waals surface area contributed by atoms with Crippen molar-refractivity contribution in [2.75, 3.05) is 7.11 Å². The van der Waals surface area contributed by atoms with Crippen molar-refractivity contribution in [1.82, 2.24) is 10.2 Å². The van der Waals surface area contributed by atoms with E-state index in [0.717, 1.165) is 0 Å². The van der Waals surface area contributed by atoms with Crippen LogP contribution in [0.2, 0.25) is 0 Å². The fourth-order valence-electron chi connectivity index (χ4n) is 2.78. The molecule has 1 N–H and O–H groups in total. The van der Waals surface area contributed by atoms with Gasteiger partial charge in [0.05, 0.1) is 13.7 Å². The van der Waals surface area contributed by atoms with Gasteiger partial charge in [0.25, 0.3) is 5.91 Å². The van der Waals surface area contributed by atoms with E-state index in [9.17, 15) is 14.0 Å². The molecular formula is C15H19FN2O3. The standard InChI is InChI=1S/C15H19FN2O3/c1-4-15(5-2)13(19)17-14(20)18(15)9-10-7-6-8-11(21-3)12(10)16/h6-8H,4-5,9H2,1-3H3,(H,17,19,20). The fraction of sp³-hybridized carbons (Fsp3) is 0.467. The van der Waals surface area contributed by atoms with E-state index in [1.165, 1.54) is 18.1 Å². The summed E-state index contributed by atoms with van der Waals surface area (Å²) in [5, 5.41) is 2.32. The van der Waals surface area contributed by atoms with Crippen LogP contribution in [0.25, 0.3) is 0 Å². The van der Waals surface area contributed by atoms with Gasteiger partial charge in [-0.2, -0.15) is 0 Å². The van der Waals surface area contributed by atoms with E-state index in [0.29, 0.717) is 18.4 Å². The van der Waals surface area contributed by atoms with Gasteiger partial charge in [0.1, 0.15) is 5.54 Å². The number of imide groups is 1. The minimum absolute atomic E-state index is 0.0300. The summed E-state index contributed by atoms with van der Waals surface area (Å²) in [6.45, 7) is 3.72. The molecule has 1 saturated heterocycles. The molecule has 3 amide bonds. The van der Waals surface area contributed by atoms with Crippen molar-refractivity contribution in [2.45, 2.75) is 38.8 Å². The molecule has 0 atom stereocenters. The van der Waals surface area contributed by atoms with Crippen LogP contribution in [0.15, 0.2) is 18.2 Å². The highest BCUT2D eigenvalue weighted by Gasteiger charge is 2.50. The molecule has 1 aliphatic heterocycles. The van der Waals surface area contributed by atoms with E-state index in [4.69, 9.17) is 4.74 Å². The smallest absolute Gasteiger partial charge is 0.325 e. The average molecular weight is 294 g/mol. The van der Waals surface area contributed by atoms with Crippen molar-refractivity contribution >= 4 is 11.9 Å². The van der Waals surface area contributed by atoms with E-state index >= 15 is 0 Å². The molecule has 1 aromatic rings. The molecule has 1 aromatic carbocycles. The first-order valence-corrected chi connectivity index (χ1v) is 6.94. The summed E-state index contributed by atoms with van der Waals surface area (Å²) in [7, 11) is 1.39. The van der Waals surface area contributed by atoms with Gasteiger partial charge in [-0.25, -0.2) is 9.18 Å². The minimum atomic E-state index is -0.910. The van der Waals surface area contributed by atoms with E-state index < -0.39 is 17.4 Å². The predicted octanol–water partition coefficient (Wildman–Crippen LogP) is 2.44. The molecule has 6 heteroatoms. The molecule has 0 aromatic heterocycles. The Kier molecular flexibility index (Phi) is 4.16. The molecule has 5 nitrogen and oxygen atoms in total. The number of amides is 3. The monoisotopic (exact) mass is 294 g/mol. The number of hydrogen-bond donors (Lipinski definition) is 1. The Balaban J connectivity index is 2.37. The Morgan fingerprint density at radius 3 is 2.52 bits per heavy atom. The molecule has 114 valence electrons. The maximum atomic E-state index is 14.2. The number of ether oxygens (including phenoxy) is 1. The van der Waals surface area contributed by atoms with E-state index in [2.05, 4.69) is 5.32 Å². The fourth-order valence-corrected chi connectivity index (χ4v) is 2.78. The highest BCUT2D eigenvalue weighted by Crippen LogP contribution is 2.32. The predicted molar refractivity (Wildman–Crippen MR) is 75.3 cm³/mol. The number of nitrogens with zero attached hydrogens (tertiary/aromatic N) is 1. The van der Waals surface area contributed by atoms with Crippen molar-refractivity contribution in [3.8, 4) is 5.75 Å². The summed E-state index contributed by atoms with van der Waals surface area (Å²) in [6, 6.07) is 4.28. The Bertz CT molecular complexity index is 570. The summed E-state index contributed by atoms with van der Waals surface area (Å²) >= 11 is 0. The Hall–Kier alpha value is -2.11. The summed E-state index contributed by atoms with van der Waals surface area (Å²) < 4.78 is 19.2. The first-order valence-electron chi connectivity index (χ1n) is 6.94.